The second kappa shape index (κ2) is 12.0. The fourth-order valence-corrected chi connectivity index (χ4v) is 2.63. The van der Waals surface area contributed by atoms with Gasteiger partial charge in [0.25, 0.3) is 0 Å². The quantitative estimate of drug-likeness (QED) is 0.306. The maximum Gasteiger partial charge on any atom is 0.0967 e. The van der Waals surface area contributed by atoms with Gasteiger partial charge in [-0.3, -0.25) is 0 Å². The molecule has 2 heteroatoms. The predicted octanol–water partition coefficient (Wildman–Crippen LogP) is 1.64. The monoisotopic (exact) mass is 275 g/mol. The first-order valence-corrected chi connectivity index (χ1v) is 7.44. The normalized spacial score (nSPS) is 12.9. The average Bonchev–Trinajstić information content (AvgIpc) is 2.22. The van der Waals surface area contributed by atoms with Crippen LogP contribution in [0.3, 0.4) is 0 Å². The fraction of sp³-hybridized carbons (Fsp3) is 0.875. The SMILES string of the molecule is C=CC[N+](C)(C)CC(C)CCCCCCCC.[Cl-]. The first-order chi connectivity index (χ1) is 8.02. The molecule has 0 bridgehead atoms. The molecule has 0 saturated carbocycles. The van der Waals surface area contributed by atoms with Crippen LogP contribution in [0.4, 0.5) is 0 Å². The summed E-state index contributed by atoms with van der Waals surface area (Å²) in [5.74, 6) is 0.844. The van der Waals surface area contributed by atoms with Gasteiger partial charge in [-0.15, -0.1) is 0 Å². The van der Waals surface area contributed by atoms with Gasteiger partial charge in [0.1, 0.15) is 0 Å². The number of halogens is 1. The Bertz CT molecular complexity index is 190. The van der Waals surface area contributed by atoms with E-state index < -0.39 is 0 Å². The van der Waals surface area contributed by atoms with E-state index >= 15 is 0 Å². The van der Waals surface area contributed by atoms with Crippen LogP contribution >= 0.6 is 0 Å². The van der Waals surface area contributed by atoms with Crippen molar-refractivity contribution in [3.8, 4) is 0 Å². The van der Waals surface area contributed by atoms with E-state index in [2.05, 4.69) is 34.5 Å². The first-order valence-electron chi connectivity index (χ1n) is 7.44. The van der Waals surface area contributed by atoms with Crippen LogP contribution in [0, 0.1) is 5.92 Å². The van der Waals surface area contributed by atoms with E-state index in [9.17, 15) is 0 Å². The summed E-state index contributed by atoms with van der Waals surface area (Å²) in [4.78, 5) is 0. The lowest BCUT2D eigenvalue weighted by molar-refractivity contribution is -0.887. The van der Waals surface area contributed by atoms with Gasteiger partial charge >= 0.3 is 0 Å². The summed E-state index contributed by atoms with van der Waals surface area (Å²) in [7, 11) is 4.61. The van der Waals surface area contributed by atoms with E-state index in [0.717, 1.165) is 16.9 Å². The van der Waals surface area contributed by atoms with E-state index in [4.69, 9.17) is 0 Å². The molecule has 0 saturated heterocycles. The van der Waals surface area contributed by atoms with Gasteiger partial charge in [0.15, 0.2) is 0 Å². The van der Waals surface area contributed by atoms with Gasteiger partial charge in [0.2, 0.25) is 0 Å². The summed E-state index contributed by atoms with van der Waals surface area (Å²) >= 11 is 0. The lowest BCUT2D eigenvalue weighted by Gasteiger charge is -2.31. The third-order valence-corrected chi connectivity index (χ3v) is 3.48. The largest absolute Gasteiger partial charge is 1.00 e. The maximum atomic E-state index is 3.84. The zero-order valence-corrected chi connectivity index (χ0v) is 13.8. The smallest absolute Gasteiger partial charge is 0.0967 e. The van der Waals surface area contributed by atoms with Crippen molar-refractivity contribution in [2.45, 2.75) is 58.8 Å². The molecule has 0 spiro atoms. The number of rotatable bonds is 11. The van der Waals surface area contributed by atoms with E-state index in [-0.39, 0.29) is 12.4 Å². The Labute approximate surface area is 122 Å². The molecular formula is C16H34ClN. The van der Waals surface area contributed by atoms with Gasteiger partial charge in [-0.2, -0.15) is 0 Å². The molecule has 0 heterocycles. The zero-order chi connectivity index (χ0) is 13.1. The van der Waals surface area contributed by atoms with Crippen LogP contribution in [0.5, 0.6) is 0 Å². The molecule has 0 radical (unpaired) electrons. The molecule has 0 aromatic carbocycles. The Morgan fingerprint density at radius 3 is 2.17 bits per heavy atom. The van der Waals surface area contributed by atoms with Crippen LogP contribution in [-0.4, -0.2) is 31.7 Å². The summed E-state index contributed by atoms with van der Waals surface area (Å²) in [6.45, 7) is 10.9. The van der Waals surface area contributed by atoms with Gasteiger partial charge in [0, 0.05) is 5.92 Å². The van der Waals surface area contributed by atoms with Crippen LogP contribution in [-0.2, 0) is 0 Å². The second-order valence-corrected chi connectivity index (χ2v) is 6.25. The Morgan fingerprint density at radius 1 is 1.06 bits per heavy atom. The molecule has 1 nitrogen and oxygen atoms in total. The van der Waals surface area contributed by atoms with Gasteiger partial charge < -0.3 is 16.9 Å². The van der Waals surface area contributed by atoms with Crippen LogP contribution in [0.25, 0.3) is 0 Å². The highest BCUT2D eigenvalue weighted by atomic mass is 35.5. The molecule has 0 aliphatic carbocycles. The van der Waals surface area contributed by atoms with Crippen molar-refractivity contribution in [1.29, 1.82) is 0 Å². The molecule has 0 rings (SSSR count). The van der Waals surface area contributed by atoms with Crippen LogP contribution in [0.15, 0.2) is 12.7 Å². The molecule has 0 aliphatic rings. The summed E-state index contributed by atoms with van der Waals surface area (Å²) in [6.07, 6.45) is 11.9. The van der Waals surface area contributed by atoms with E-state index in [1.807, 2.05) is 6.08 Å². The number of likely N-dealkylation sites (N-methyl/N-ethyl adjacent to an activating group) is 1. The molecule has 0 aromatic rings. The van der Waals surface area contributed by atoms with Crippen molar-refractivity contribution in [2.24, 2.45) is 5.92 Å². The van der Waals surface area contributed by atoms with E-state index in [0.29, 0.717) is 0 Å². The molecule has 18 heavy (non-hydrogen) atoms. The molecule has 0 N–H and O–H groups in total. The summed E-state index contributed by atoms with van der Waals surface area (Å²) in [5, 5.41) is 0. The molecule has 0 aromatic heterocycles. The highest BCUT2D eigenvalue weighted by Gasteiger charge is 2.16. The Hall–Kier alpha value is -0.0100. The Balaban J connectivity index is 0. The van der Waals surface area contributed by atoms with Crippen LogP contribution in [0.2, 0.25) is 0 Å². The minimum atomic E-state index is 0. The van der Waals surface area contributed by atoms with Crippen molar-refractivity contribution in [1.82, 2.24) is 0 Å². The molecule has 1 atom stereocenters. The zero-order valence-electron chi connectivity index (χ0n) is 13.1. The lowest BCUT2D eigenvalue weighted by atomic mass is 10.0. The number of quaternary nitrogens is 1. The van der Waals surface area contributed by atoms with Crippen LogP contribution < -0.4 is 12.4 Å². The highest BCUT2D eigenvalue weighted by molar-refractivity contribution is 4.65. The second-order valence-electron chi connectivity index (χ2n) is 6.25. The third kappa shape index (κ3) is 12.4. The average molecular weight is 276 g/mol. The summed E-state index contributed by atoms with van der Waals surface area (Å²) in [5.41, 5.74) is 0. The molecule has 110 valence electrons. The maximum absolute atomic E-state index is 3.84. The van der Waals surface area contributed by atoms with Crippen molar-refractivity contribution in [3.05, 3.63) is 12.7 Å². The van der Waals surface area contributed by atoms with E-state index in [1.54, 1.807) is 0 Å². The molecular weight excluding hydrogens is 242 g/mol. The minimum absolute atomic E-state index is 0. The topological polar surface area (TPSA) is 0 Å². The van der Waals surface area contributed by atoms with Crippen molar-refractivity contribution < 1.29 is 16.9 Å². The van der Waals surface area contributed by atoms with E-state index in [1.165, 1.54) is 51.5 Å². The molecule has 0 fully saturated rings. The highest BCUT2D eigenvalue weighted by Crippen LogP contribution is 2.15. The lowest BCUT2D eigenvalue weighted by Crippen LogP contribution is -3.00. The van der Waals surface area contributed by atoms with Crippen molar-refractivity contribution in [2.75, 3.05) is 27.2 Å². The molecule has 0 aliphatic heterocycles. The third-order valence-electron chi connectivity index (χ3n) is 3.48. The number of nitrogens with zero attached hydrogens (tertiary/aromatic N) is 1. The predicted molar refractivity (Wildman–Crippen MR) is 79.2 cm³/mol. The van der Waals surface area contributed by atoms with Gasteiger partial charge in [-0.1, -0.05) is 59.0 Å². The number of hydrogen-bond donors (Lipinski definition) is 0. The Kier molecular flexibility index (Phi) is 13.6. The van der Waals surface area contributed by atoms with Gasteiger partial charge in [0.05, 0.1) is 27.2 Å². The van der Waals surface area contributed by atoms with Crippen LogP contribution in [0.1, 0.15) is 58.8 Å². The standard InChI is InChI=1S/C16H34N.ClH/c1-6-8-9-10-11-12-13-16(3)15-17(4,5)14-7-2;/h7,16H,2,6,8-15H2,1,3-5H3;1H/q+1;/p-1. The van der Waals surface area contributed by atoms with Crippen molar-refractivity contribution in [3.63, 3.8) is 0 Å². The molecule has 1 unspecified atom stereocenters. The van der Waals surface area contributed by atoms with Crippen molar-refractivity contribution >= 4 is 0 Å². The summed E-state index contributed by atoms with van der Waals surface area (Å²) < 4.78 is 1.08. The fourth-order valence-electron chi connectivity index (χ4n) is 2.63. The number of unbranched alkanes of at least 4 members (excludes halogenated alkanes) is 5. The minimum Gasteiger partial charge on any atom is -1.00 e. The first kappa shape index (κ1) is 20.3. The summed E-state index contributed by atoms with van der Waals surface area (Å²) in [6, 6.07) is 0. The van der Waals surface area contributed by atoms with Gasteiger partial charge in [-0.05, 0) is 12.5 Å². The Morgan fingerprint density at radius 2 is 1.61 bits per heavy atom. The molecule has 0 amide bonds. The number of hydrogen-bond acceptors (Lipinski definition) is 0. The van der Waals surface area contributed by atoms with Gasteiger partial charge in [-0.25, -0.2) is 0 Å².